The van der Waals surface area contributed by atoms with E-state index in [-0.39, 0.29) is 5.56 Å². The van der Waals surface area contributed by atoms with Crippen LogP contribution in [0.15, 0.2) is 63.1 Å². The average Bonchev–Trinajstić information content (AvgIpc) is 2.75. The third-order valence-corrected chi connectivity index (χ3v) is 5.75. The first-order chi connectivity index (χ1) is 14.8. The molecule has 0 aliphatic carbocycles. The standard InChI is InChI=1S/C22H22ClN3O4S/c1-14-7-6-8-15(13-14)24-19(18-20(27)25(2)22(29)26(3)21(18)28)31-12-11-30-17-10-5-4-9-16(17)23/h4-10,13,27H,11-12H2,1-3H3. The van der Waals surface area contributed by atoms with E-state index in [4.69, 9.17) is 16.3 Å². The van der Waals surface area contributed by atoms with E-state index in [1.165, 1.54) is 25.9 Å². The molecule has 0 aliphatic rings. The van der Waals surface area contributed by atoms with Gasteiger partial charge in [0.05, 0.1) is 17.3 Å². The third-order valence-electron chi connectivity index (χ3n) is 4.50. The number of halogens is 1. The summed E-state index contributed by atoms with van der Waals surface area (Å²) in [5.74, 6) is 0.559. The Kier molecular flexibility index (Phi) is 7.25. The second-order valence-electron chi connectivity index (χ2n) is 6.79. The van der Waals surface area contributed by atoms with E-state index < -0.39 is 17.1 Å². The van der Waals surface area contributed by atoms with Crippen LogP contribution in [0.5, 0.6) is 11.6 Å². The maximum Gasteiger partial charge on any atom is 0.333 e. The van der Waals surface area contributed by atoms with Gasteiger partial charge >= 0.3 is 5.69 Å². The number of thioether (sulfide) groups is 1. The van der Waals surface area contributed by atoms with Gasteiger partial charge in [-0.25, -0.2) is 9.79 Å². The van der Waals surface area contributed by atoms with E-state index in [1.54, 1.807) is 18.2 Å². The van der Waals surface area contributed by atoms with Gasteiger partial charge in [-0.1, -0.05) is 35.9 Å². The predicted molar refractivity (Wildman–Crippen MR) is 125 cm³/mol. The maximum atomic E-state index is 12.8. The molecule has 0 saturated carbocycles. The van der Waals surface area contributed by atoms with E-state index in [0.29, 0.717) is 33.9 Å². The summed E-state index contributed by atoms with van der Waals surface area (Å²) in [7, 11) is 2.76. The Balaban J connectivity index is 1.94. The minimum absolute atomic E-state index is 0.0335. The van der Waals surface area contributed by atoms with Gasteiger partial charge in [-0.3, -0.25) is 13.9 Å². The molecule has 1 N–H and O–H groups in total. The molecule has 0 radical (unpaired) electrons. The van der Waals surface area contributed by atoms with Gasteiger partial charge in [0.2, 0.25) is 5.88 Å². The number of aryl methyl sites for hydroxylation is 1. The second kappa shape index (κ2) is 9.89. The van der Waals surface area contributed by atoms with Crippen LogP contribution in [0, 0.1) is 6.92 Å². The molecule has 31 heavy (non-hydrogen) atoms. The molecule has 0 spiro atoms. The van der Waals surface area contributed by atoms with Crippen LogP contribution in [-0.2, 0) is 14.1 Å². The monoisotopic (exact) mass is 459 g/mol. The molecule has 3 aromatic rings. The normalized spacial score (nSPS) is 11.5. The summed E-state index contributed by atoms with van der Waals surface area (Å²) >= 11 is 7.36. The predicted octanol–water partition coefficient (Wildman–Crippen LogP) is 3.64. The van der Waals surface area contributed by atoms with Gasteiger partial charge in [-0.2, -0.15) is 0 Å². The lowest BCUT2D eigenvalue weighted by atomic mass is 10.2. The molecule has 1 heterocycles. The van der Waals surface area contributed by atoms with Crippen LogP contribution >= 0.6 is 23.4 Å². The Morgan fingerprint density at radius 3 is 2.58 bits per heavy atom. The van der Waals surface area contributed by atoms with Crippen LogP contribution in [0.3, 0.4) is 0 Å². The van der Waals surface area contributed by atoms with Crippen molar-refractivity contribution in [3.63, 3.8) is 0 Å². The van der Waals surface area contributed by atoms with Crippen molar-refractivity contribution < 1.29 is 9.84 Å². The fourth-order valence-corrected chi connectivity index (χ4v) is 3.89. The Hall–Kier alpha value is -2.97. The zero-order chi connectivity index (χ0) is 22.5. The van der Waals surface area contributed by atoms with Gasteiger partial charge in [0.1, 0.15) is 16.4 Å². The SMILES string of the molecule is Cc1cccc(N=C(SCCOc2ccccc2Cl)c2c(O)n(C)c(=O)n(C)c2=O)c1. The van der Waals surface area contributed by atoms with Gasteiger partial charge in [0, 0.05) is 19.8 Å². The summed E-state index contributed by atoms with van der Waals surface area (Å²) in [6, 6.07) is 14.6. The smallest absolute Gasteiger partial charge is 0.333 e. The minimum atomic E-state index is -0.619. The largest absolute Gasteiger partial charge is 0.494 e. The molecule has 0 bridgehead atoms. The molecule has 7 nitrogen and oxygen atoms in total. The van der Waals surface area contributed by atoms with Crippen molar-refractivity contribution in [3.05, 3.63) is 85.5 Å². The van der Waals surface area contributed by atoms with Crippen molar-refractivity contribution >= 4 is 34.1 Å². The molecule has 0 atom stereocenters. The van der Waals surface area contributed by atoms with Crippen LogP contribution in [-0.4, -0.2) is 31.6 Å². The van der Waals surface area contributed by atoms with Gasteiger partial charge < -0.3 is 9.84 Å². The first kappa shape index (κ1) is 22.7. The first-order valence-electron chi connectivity index (χ1n) is 9.44. The van der Waals surface area contributed by atoms with E-state index in [9.17, 15) is 14.7 Å². The fourth-order valence-electron chi connectivity index (χ4n) is 2.85. The van der Waals surface area contributed by atoms with Gasteiger partial charge in [0.15, 0.2) is 0 Å². The Morgan fingerprint density at radius 1 is 1.13 bits per heavy atom. The number of aromatic hydroxyl groups is 1. The average molecular weight is 460 g/mol. The van der Waals surface area contributed by atoms with Gasteiger partial charge in [0.25, 0.3) is 5.56 Å². The van der Waals surface area contributed by atoms with E-state index in [2.05, 4.69) is 4.99 Å². The molecule has 2 aromatic carbocycles. The molecule has 0 saturated heterocycles. The highest BCUT2D eigenvalue weighted by atomic mass is 35.5. The number of rotatable bonds is 6. The Morgan fingerprint density at radius 2 is 1.87 bits per heavy atom. The fraction of sp³-hybridized carbons (Fsp3) is 0.227. The van der Waals surface area contributed by atoms with Crippen molar-refractivity contribution in [3.8, 4) is 11.6 Å². The van der Waals surface area contributed by atoms with Crippen LogP contribution in [0.2, 0.25) is 5.02 Å². The molecule has 3 rings (SSSR count). The molecule has 0 fully saturated rings. The minimum Gasteiger partial charge on any atom is -0.494 e. The Labute approximate surface area is 188 Å². The molecule has 0 unspecified atom stereocenters. The molecular formula is C22H22ClN3O4S. The van der Waals surface area contributed by atoms with Gasteiger partial charge in [-0.05, 0) is 36.8 Å². The van der Waals surface area contributed by atoms with Crippen molar-refractivity contribution in [1.82, 2.24) is 9.13 Å². The second-order valence-corrected chi connectivity index (χ2v) is 8.28. The number of benzene rings is 2. The summed E-state index contributed by atoms with van der Waals surface area (Å²) < 4.78 is 7.67. The van der Waals surface area contributed by atoms with Crippen molar-refractivity contribution in [2.24, 2.45) is 19.1 Å². The number of nitrogens with zero attached hydrogens (tertiary/aromatic N) is 3. The highest BCUT2D eigenvalue weighted by molar-refractivity contribution is 8.14. The molecular weight excluding hydrogens is 438 g/mol. The van der Waals surface area contributed by atoms with E-state index >= 15 is 0 Å². The lowest BCUT2D eigenvalue weighted by molar-refractivity contribution is 0.344. The number of aromatic nitrogens is 2. The lowest BCUT2D eigenvalue weighted by Gasteiger charge is -2.13. The maximum absolute atomic E-state index is 12.8. The molecule has 0 aliphatic heterocycles. The lowest BCUT2D eigenvalue weighted by Crippen LogP contribution is -2.39. The zero-order valence-electron chi connectivity index (χ0n) is 17.3. The van der Waals surface area contributed by atoms with Gasteiger partial charge in [-0.15, -0.1) is 11.8 Å². The number of aliphatic imine (C=N–C) groups is 1. The van der Waals surface area contributed by atoms with E-state index in [0.717, 1.165) is 14.7 Å². The number of ether oxygens (including phenoxy) is 1. The molecule has 162 valence electrons. The summed E-state index contributed by atoms with van der Waals surface area (Å²) in [6.45, 7) is 2.24. The first-order valence-corrected chi connectivity index (χ1v) is 10.8. The summed E-state index contributed by atoms with van der Waals surface area (Å²) in [6.07, 6.45) is 0. The summed E-state index contributed by atoms with van der Waals surface area (Å²) in [5, 5.41) is 11.4. The van der Waals surface area contributed by atoms with Crippen LogP contribution < -0.4 is 16.0 Å². The summed E-state index contributed by atoms with van der Waals surface area (Å²) in [4.78, 5) is 29.5. The van der Waals surface area contributed by atoms with Crippen molar-refractivity contribution in [2.45, 2.75) is 6.92 Å². The zero-order valence-corrected chi connectivity index (χ0v) is 18.9. The number of para-hydroxylation sites is 1. The van der Waals surface area contributed by atoms with Crippen molar-refractivity contribution in [2.75, 3.05) is 12.4 Å². The number of hydrogen-bond acceptors (Lipinski definition) is 6. The van der Waals surface area contributed by atoms with Crippen LogP contribution in [0.25, 0.3) is 0 Å². The quantitative estimate of drug-likeness (QED) is 0.345. The van der Waals surface area contributed by atoms with Crippen LogP contribution in [0.1, 0.15) is 11.1 Å². The Bertz CT molecular complexity index is 1250. The highest BCUT2D eigenvalue weighted by Crippen LogP contribution is 2.25. The van der Waals surface area contributed by atoms with E-state index in [1.807, 2.05) is 37.3 Å². The topological polar surface area (TPSA) is 85.8 Å². The van der Waals surface area contributed by atoms with Crippen molar-refractivity contribution in [1.29, 1.82) is 0 Å². The summed E-state index contributed by atoms with van der Waals surface area (Å²) in [5.41, 5.74) is 0.364. The molecule has 0 amide bonds. The third kappa shape index (κ3) is 5.21. The molecule has 1 aromatic heterocycles. The number of hydrogen-bond donors (Lipinski definition) is 1. The highest BCUT2D eigenvalue weighted by Gasteiger charge is 2.21. The molecule has 9 heteroatoms. The van der Waals surface area contributed by atoms with Crippen LogP contribution in [0.4, 0.5) is 5.69 Å².